The van der Waals surface area contributed by atoms with Crippen LogP contribution in [0.25, 0.3) is 11.1 Å². The Labute approximate surface area is 116 Å². The zero-order chi connectivity index (χ0) is 12.4. The number of carbonyl (C=O) groups is 1. The topological polar surface area (TPSA) is 37.3 Å². The maximum Gasteiger partial charge on any atom is 0.346 e. The van der Waals surface area contributed by atoms with Crippen LogP contribution in [0.15, 0.2) is 39.0 Å². The molecular weight excluding hydrogens is 320 g/mol. The minimum atomic E-state index is -0.867. The van der Waals surface area contributed by atoms with Gasteiger partial charge in [-0.3, -0.25) is 0 Å². The van der Waals surface area contributed by atoms with E-state index < -0.39 is 5.97 Å². The maximum atomic E-state index is 11.2. The summed E-state index contributed by atoms with van der Waals surface area (Å²) in [5.74, 6) is -0.867. The van der Waals surface area contributed by atoms with E-state index in [2.05, 4.69) is 15.9 Å². The predicted molar refractivity (Wildman–Crippen MR) is 76.2 cm³/mol. The SMILES string of the molecule is CSc1cc(-c2ccc(Br)cc2)c(C(=O)O)s1. The molecule has 0 fully saturated rings. The van der Waals surface area contributed by atoms with Crippen molar-refractivity contribution in [2.75, 3.05) is 6.26 Å². The van der Waals surface area contributed by atoms with E-state index in [1.807, 2.05) is 36.6 Å². The van der Waals surface area contributed by atoms with Crippen molar-refractivity contribution >= 4 is 45.0 Å². The number of rotatable bonds is 3. The molecule has 0 aliphatic rings. The van der Waals surface area contributed by atoms with Gasteiger partial charge in [-0.15, -0.1) is 23.1 Å². The van der Waals surface area contributed by atoms with Crippen molar-refractivity contribution in [3.8, 4) is 11.1 Å². The highest BCUT2D eigenvalue weighted by atomic mass is 79.9. The van der Waals surface area contributed by atoms with Gasteiger partial charge in [0, 0.05) is 10.0 Å². The van der Waals surface area contributed by atoms with Gasteiger partial charge in [-0.2, -0.15) is 0 Å². The molecule has 0 aliphatic carbocycles. The van der Waals surface area contributed by atoms with Crippen LogP contribution in [0.5, 0.6) is 0 Å². The summed E-state index contributed by atoms with van der Waals surface area (Å²) in [6.07, 6.45) is 1.95. The first kappa shape index (κ1) is 12.7. The van der Waals surface area contributed by atoms with Crippen LogP contribution in [0.1, 0.15) is 9.67 Å². The Balaban J connectivity index is 2.53. The molecule has 5 heteroatoms. The number of aromatic carboxylic acids is 1. The van der Waals surface area contributed by atoms with E-state index in [-0.39, 0.29) is 0 Å². The normalized spacial score (nSPS) is 10.5. The Morgan fingerprint density at radius 1 is 1.35 bits per heavy atom. The molecule has 1 aromatic heterocycles. The number of carboxylic acids is 1. The lowest BCUT2D eigenvalue weighted by atomic mass is 10.1. The van der Waals surface area contributed by atoms with Gasteiger partial charge in [0.05, 0.1) is 4.21 Å². The van der Waals surface area contributed by atoms with Crippen molar-refractivity contribution in [2.45, 2.75) is 4.21 Å². The van der Waals surface area contributed by atoms with Gasteiger partial charge in [-0.25, -0.2) is 4.79 Å². The molecule has 0 saturated carbocycles. The molecule has 0 unspecified atom stereocenters. The first-order valence-electron chi connectivity index (χ1n) is 4.79. The summed E-state index contributed by atoms with van der Waals surface area (Å²) in [5.41, 5.74) is 1.72. The molecule has 1 aromatic carbocycles. The van der Waals surface area contributed by atoms with E-state index in [0.29, 0.717) is 4.88 Å². The summed E-state index contributed by atoms with van der Waals surface area (Å²) in [5, 5.41) is 9.18. The fourth-order valence-electron chi connectivity index (χ4n) is 1.47. The van der Waals surface area contributed by atoms with Crippen LogP contribution < -0.4 is 0 Å². The van der Waals surface area contributed by atoms with Crippen LogP contribution >= 0.6 is 39.0 Å². The second kappa shape index (κ2) is 5.25. The highest BCUT2D eigenvalue weighted by molar-refractivity contribution is 9.10. The molecule has 17 heavy (non-hydrogen) atoms. The minimum absolute atomic E-state index is 0.400. The van der Waals surface area contributed by atoms with Crippen molar-refractivity contribution in [1.29, 1.82) is 0 Å². The number of thiophene rings is 1. The van der Waals surface area contributed by atoms with Gasteiger partial charge in [0.25, 0.3) is 0 Å². The van der Waals surface area contributed by atoms with Gasteiger partial charge in [-0.05, 0) is 30.0 Å². The van der Waals surface area contributed by atoms with E-state index in [9.17, 15) is 9.90 Å². The Hall–Kier alpha value is -0.780. The summed E-state index contributed by atoms with van der Waals surface area (Å²) in [4.78, 5) is 11.6. The predicted octanol–water partition coefficient (Wildman–Crippen LogP) is 4.60. The summed E-state index contributed by atoms with van der Waals surface area (Å²) in [7, 11) is 0. The zero-order valence-electron chi connectivity index (χ0n) is 8.94. The molecule has 2 nitrogen and oxygen atoms in total. The Morgan fingerprint density at radius 3 is 2.53 bits per heavy atom. The molecule has 0 bridgehead atoms. The average molecular weight is 329 g/mol. The van der Waals surface area contributed by atoms with Crippen molar-refractivity contribution < 1.29 is 9.90 Å². The maximum absolute atomic E-state index is 11.2. The van der Waals surface area contributed by atoms with E-state index >= 15 is 0 Å². The molecule has 2 rings (SSSR count). The summed E-state index contributed by atoms with van der Waals surface area (Å²) in [6, 6.07) is 9.60. The largest absolute Gasteiger partial charge is 0.477 e. The number of hydrogen-bond acceptors (Lipinski definition) is 3. The fraction of sp³-hybridized carbons (Fsp3) is 0.0833. The van der Waals surface area contributed by atoms with Crippen LogP contribution in [0.2, 0.25) is 0 Å². The number of carboxylic acid groups (broad SMARTS) is 1. The molecule has 0 amide bonds. The van der Waals surface area contributed by atoms with Crippen molar-refractivity contribution in [1.82, 2.24) is 0 Å². The molecule has 0 spiro atoms. The summed E-state index contributed by atoms with van der Waals surface area (Å²) < 4.78 is 2.00. The molecule has 88 valence electrons. The second-order valence-corrected chi connectivity index (χ2v) is 6.40. The fourth-order valence-corrected chi connectivity index (χ4v) is 3.31. The molecule has 2 aromatic rings. The molecule has 1 N–H and O–H groups in total. The summed E-state index contributed by atoms with van der Waals surface area (Å²) >= 11 is 6.25. The van der Waals surface area contributed by atoms with Crippen LogP contribution in [-0.2, 0) is 0 Å². The number of thioether (sulfide) groups is 1. The molecule has 0 radical (unpaired) electrons. The van der Waals surface area contributed by atoms with Gasteiger partial charge in [-0.1, -0.05) is 28.1 Å². The highest BCUT2D eigenvalue weighted by Crippen LogP contribution is 2.36. The van der Waals surface area contributed by atoms with Crippen LogP contribution in [0.3, 0.4) is 0 Å². The minimum Gasteiger partial charge on any atom is -0.477 e. The van der Waals surface area contributed by atoms with E-state index in [4.69, 9.17) is 0 Å². The lowest BCUT2D eigenvalue weighted by Crippen LogP contribution is -1.94. The van der Waals surface area contributed by atoms with Crippen molar-refractivity contribution in [3.63, 3.8) is 0 Å². The van der Waals surface area contributed by atoms with E-state index in [1.54, 1.807) is 11.8 Å². The van der Waals surface area contributed by atoms with Crippen LogP contribution in [-0.4, -0.2) is 17.3 Å². The third kappa shape index (κ3) is 2.73. The van der Waals surface area contributed by atoms with Crippen molar-refractivity contribution in [3.05, 3.63) is 39.7 Å². The number of hydrogen-bond donors (Lipinski definition) is 1. The van der Waals surface area contributed by atoms with E-state index in [0.717, 1.165) is 19.8 Å². The average Bonchev–Trinajstić information content (AvgIpc) is 2.74. The molecule has 0 aliphatic heterocycles. The lowest BCUT2D eigenvalue weighted by Gasteiger charge is -2.00. The van der Waals surface area contributed by atoms with Gasteiger partial charge in [0.1, 0.15) is 4.88 Å². The second-order valence-electron chi connectivity index (χ2n) is 3.32. The number of benzene rings is 1. The van der Waals surface area contributed by atoms with Gasteiger partial charge in [0.15, 0.2) is 0 Å². The van der Waals surface area contributed by atoms with E-state index in [1.165, 1.54) is 11.3 Å². The van der Waals surface area contributed by atoms with Gasteiger partial charge >= 0.3 is 5.97 Å². The Kier molecular flexibility index (Phi) is 3.91. The van der Waals surface area contributed by atoms with Gasteiger partial charge in [0.2, 0.25) is 0 Å². The first-order valence-corrected chi connectivity index (χ1v) is 7.62. The number of halogens is 1. The lowest BCUT2D eigenvalue weighted by molar-refractivity contribution is 0.0703. The molecule has 0 atom stereocenters. The molecule has 1 heterocycles. The standard InChI is InChI=1S/C12H9BrO2S2/c1-16-10-6-9(11(17-10)12(14)15)7-2-4-8(13)5-3-7/h2-6H,1H3,(H,14,15). The molecular formula is C12H9BrO2S2. The Bertz CT molecular complexity index is 546. The zero-order valence-corrected chi connectivity index (χ0v) is 12.2. The molecule has 0 saturated heterocycles. The monoisotopic (exact) mass is 328 g/mol. The first-order chi connectivity index (χ1) is 8.11. The summed E-state index contributed by atoms with van der Waals surface area (Å²) in [6.45, 7) is 0. The third-order valence-electron chi connectivity index (χ3n) is 2.26. The van der Waals surface area contributed by atoms with Crippen molar-refractivity contribution in [2.24, 2.45) is 0 Å². The Morgan fingerprint density at radius 2 is 2.00 bits per heavy atom. The van der Waals surface area contributed by atoms with Crippen LogP contribution in [0, 0.1) is 0 Å². The highest BCUT2D eigenvalue weighted by Gasteiger charge is 2.16. The van der Waals surface area contributed by atoms with Crippen LogP contribution in [0.4, 0.5) is 0 Å². The quantitative estimate of drug-likeness (QED) is 0.837. The third-order valence-corrected chi connectivity index (χ3v) is 4.98. The smallest absolute Gasteiger partial charge is 0.346 e. The van der Waals surface area contributed by atoms with Gasteiger partial charge < -0.3 is 5.11 Å².